The number of carbonyl (C=O) groups excluding carboxylic acids is 2. The van der Waals surface area contributed by atoms with Crippen molar-refractivity contribution in [3.8, 4) is 0 Å². The molecular weight excluding hydrogens is 334 g/mol. The van der Waals surface area contributed by atoms with E-state index in [9.17, 15) is 9.59 Å². The minimum absolute atomic E-state index is 0. The number of amides is 2. The van der Waals surface area contributed by atoms with Gasteiger partial charge >= 0.3 is 0 Å². The molecule has 2 aliphatic rings. The molecule has 0 bridgehead atoms. The number of hydrogen-bond donors (Lipinski definition) is 2. The van der Waals surface area contributed by atoms with Crippen LogP contribution in [0.2, 0.25) is 0 Å². The van der Waals surface area contributed by atoms with Gasteiger partial charge in [0.05, 0.1) is 6.04 Å². The molecule has 0 radical (unpaired) electrons. The van der Waals surface area contributed by atoms with Crippen molar-refractivity contribution in [3.63, 3.8) is 0 Å². The number of nitrogens with zero attached hydrogens (tertiary/aromatic N) is 1. The van der Waals surface area contributed by atoms with Crippen LogP contribution in [0, 0.1) is 0 Å². The van der Waals surface area contributed by atoms with Gasteiger partial charge in [-0.25, -0.2) is 0 Å². The van der Waals surface area contributed by atoms with Gasteiger partial charge in [-0.1, -0.05) is 6.07 Å². The third-order valence-corrected chi connectivity index (χ3v) is 4.99. The van der Waals surface area contributed by atoms with Crippen LogP contribution in [-0.2, 0) is 4.79 Å². The predicted molar refractivity (Wildman–Crippen MR) is 96.6 cm³/mol. The van der Waals surface area contributed by atoms with Gasteiger partial charge in [0, 0.05) is 35.8 Å². The molecule has 0 saturated carbocycles. The van der Waals surface area contributed by atoms with Gasteiger partial charge in [0.2, 0.25) is 5.91 Å². The second-order valence-electron chi connectivity index (χ2n) is 5.62. The zero-order valence-corrected chi connectivity index (χ0v) is 14.5. The summed E-state index contributed by atoms with van der Waals surface area (Å²) in [5, 5.41) is 6.08. The fourth-order valence-electron chi connectivity index (χ4n) is 2.82. The van der Waals surface area contributed by atoms with Gasteiger partial charge < -0.3 is 15.5 Å². The molecule has 2 heterocycles. The number of anilines is 1. The molecule has 1 aromatic rings. The van der Waals surface area contributed by atoms with Crippen molar-refractivity contribution in [3.05, 3.63) is 29.8 Å². The molecule has 0 aromatic heterocycles. The maximum atomic E-state index is 12.5. The Balaban J connectivity index is 0.00000192. The van der Waals surface area contributed by atoms with Crippen LogP contribution >= 0.6 is 24.2 Å². The molecule has 2 fully saturated rings. The number of rotatable bonds is 3. The van der Waals surface area contributed by atoms with Crippen LogP contribution in [0.15, 0.2) is 24.3 Å². The van der Waals surface area contributed by atoms with Crippen molar-refractivity contribution in [1.29, 1.82) is 0 Å². The van der Waals surface area contributed by atoms with Crippen molar-refractivity contribution in [2.24, 2.45) is 0 Å². The topological polar surface area (TPSA) is 61.4 Å². The standard InChI is InChI=1S/C16H21N3O2S.ClH/c20-15(14-5-2-6-17-14)18-13-4-1-3-12(11-13)16(21)19-7-9-22-10-8-19;/h1,3-4,11,14,17H,2,5-10H2,(H,18,20);1H. The van der Waals surface area contributed by atoms with Crippen molar-refractivity contribution < 1.29 is 9.59 Å². The Bertz CT molecular complexity index is 558. The van der Waals surface area contributed by atoms with Crippen molar-refractivity contribution >= 4 is 41.7 Å². The highest BCUT2D eigenvalue weighted by Gasteiger charge is 2.22. The largest absolute Gasteiger partial charge is 0.337 e. The summed E-state index contributed by atoms with van der Waals surface area (Å²) in [6, 6.07) is 7.13. The third kappa shape index (κ3) is 4.62. The average Bonchev–Trinajstić information content (AvgIpc) is 3.10. The van der Waals surface area contributed by atoms with Gasteiger partial charge in [0.15, 0.2) is 0 Å². The van der Waals surface area contributed by atoms with E-state index >= 15 is 0 Å². The lowest BCUT2D eigenvalue weighted by Gasteiger charge is -2.26. The minimum atomic E-state index is -0.113. The molecule has 1 unspecified atom stereocenters. The van der Waals surface area contributed by atoms with Gasteiger partial charge in [-0.05, 0) is 37.6 Å². The number of halogens is 1. The van der Waals surface area contributed by atoms with Gasteiger partial charge in [-0.2, -0.15) is 11.8 Å². The van der Waals surface area contributed by atoms with Crippen LogP contribution < -0.4 is 10.6 Å². The molecule has 2 amide bonds. The molecular formula is C16H22ClN3O2S. The fraction of sp³-hybridized carbons (Fsp3) is 0.500. The van der Waals surface area contributed by atoms with Crippen LogP contribution in [0.1, 0.15) is 23.2 Å². The van der Waals surface area contributed by atoms with Gasteiger partial charge in [-0.15, -0.1) is 12.4 Å². The highest BCUT2D eigenvalue weighted by atomic mass is 35.5. The van der Waals surface area contributed by atoms with E-state index < -0.39 is 0 Å². The molecule has 1 atom stereocenters. The summed E-state index contributed by atoms with van der Waals surface area (Å²) >= 11 is 1.88. The lowest BCUT2D eigenvalue weighted by Crippen LogP contribution is -2.38. The molecule has 2 saturated heterocycles. The normalized spacial score (nSPS) is 20.7. The number of benzene rings is 1. The summed E-state index contributed by atoms with van der Waals surface area (Å²) in [6.45, 7) is 2.49. The summed E-state index contributed by atoms with van der Waals surface area (Å²) in [5.41, 5.74) is 1.33. The molecule has 0 spiro atoms. The molecule has 5 nitrogen and oxygen atoms in total. The Morgan fingerprint density at radius 1 is 1.26 bits per heavy atom. The molecule has 1 aromatic carbocycles. The Morgan fingerprint density at radius 3 is 2.74 bits per heavy atom. The molecule has 23 heavy (non-hydrogen) atoms. The number of hydrogen-bond acceptors (Lipinski definition) is 4. The van der Waals surface area contributed by atoms with Crippen LogP contribution in [-0.4, -0.2) is 53.9 Å². The fourth-order valence-corrected chi connectivity index (χ4v) is 3.72. The highest BCUT2D eigenvalue weighted by molar-refractivity contribution is 7.99. The Morgan fingerprint density at radius 2 is 2.04 bits per heavy atom. The van der Waals surface area contributed by atoms with E-state index in [0.29, 0.717) is 11.3 Å². The zero-order valence-electron chi connectivity index (χ0n) is 12.9. The number of thioether (sulfide) groups is 1. The third-order valence-electron chi connectivity index (χ3n) is 4.05. The summed E-state index contributed by atoms with van der Waals surface area (Å²) in [6.07, 6.45) is 1.90. The molecule has 2 N–H and O–H groups in total. The average molecular weight is 356 g/mol. The summed E-state index contributed by atoms with van der Waals surface area (Å²) in [5.74, 6) is 2.03. The second-order valence-corrected chi connectivity index (χ2v) is 6.85. The van der Waals surface area contributed by atoms with E-state index in [1.807, 2.05) is 34.9 Å². The van der Waals surface area contributed by atoms with E-state index in [1.54, 1.807) is 6.07 Å². The van der Waals surface area contributed by atoms with E-state index in [1.165, 1.54) is 0 Å². The first-order valence-electron chi connectivity index (χ1n) is 7.75. The van der Waals surface area contributed by atoms with Crippen LogP contribution in [0.5, 0.6) is 0 Å². The lowest BCUT2D eigenvalue weighted by molar-refractivity contribution is -0.117. The Kier molecular flexibility index (Phi) is 6.74. The molecule has 7 heteroatoms. The molecule has 3 rings (SSSR count). The van der Waals surface area contributed by atoms with Crippen molar-refractivity contribution in [2.75, 3.05) is 36.5 Å². The first-order valence-corrected chi connectivity index (χ1v) is 8.91. The SMILES string of the molecule is Cl.O=C(Nc1cccc(C(=O)N2CCSCC2)c1)C1CCCN1. The first-order chi connectivity index (χ1) is 10.7. The Hall–Kier alpha value is -1.24. The maximum Gasteiger partial charge on any atom is 0.253 e. The van der Waals surface area contributed by atoms with E-state index in [2.05, 4.69) is 10.6 Å². The smallest absolute Gasteiger partial charge is 0.253 e. The monoisotopic (exact) mass is 355 g/mol. The maximum absolute atomic E-state index is 12.5. The van der Waals surface area contributed by atoms with Crippen LogP contribution in [0.25, 0.3) is 0 Å². The lowest BCUT2D eigenvalue weighted by atomic mass is 10.1. The number of nitrogens with one attached hydrogen (secondary N) is 2. The highest BCUT2D eigenvalue weighted by Crippen LogP contribution is 2.17. The summed E-state index contributed by atoms with van der Waals surface area (Å²) in [7, 11) is 0. The van der Waals surface area contributed by atoms with E-state index in [0.717, 1.165) is 44.0 Å². The van der Waals surface area contributed by atoms with Gasteiger partial charge in [-0.3, -0.25) is 9.59 Å². The summed E-state index contributed by atoms with van der Waals surface area (Å²) in [4.78, 5) is 26.5. The molecule has 2 aliphatic heterocycles. The van der Waals surface area contributed by atoms with Crippen LogP contribution in [0.3, 0.4) is 0 Å². The molecule has 126 valence electrons. The van der Waals surface area contributed by atoms with E-state index in [4.69, 9.17) is 0 Å². The van der Waals surface area contributed by atoms with E-state index in [-0.39, 0.29) is 30.3 Å². The van der Waals surface area contributed by atoms with Crippen LogP contribution in [0.4, 0.5) is 5.69 Å². The predicted octanol–water partition coefficient (Wildman–Crippen LogP) is 1.99. The minimum Gasteiger partial charge on any atom is -0.337 e. The quantitative estimate of drug-likeness (QED) is 0.870. The number of carbonyl (C=O) groups is 2. The zero-order chi connectivity index (χ0) is 15.4. The van der Waals surface area contributed by atoms with Crippen molar-refractivity contribution in [1.82, 2.24) is 10.2 Å². The first kappa shape index (κ1) is 18.1. The Labute approximate surface area is 147 Å². The van der Waals surface area contributed by atoms with Gasteiger partial charge in [0.25, 0.3) is 5.91 Å². The molecule has 0 aliphatic carbocycles. The van der Waals surface area contributed by atoms with Crippen molar-refractivity contribution in [2.45, 2.75) is 18.9 Å². The second kappa shape index (κ2) is 8.57. The van der Waals surface area contributed by atoms with Gasteiger partial charge in [0.1, 0.15) is 0 Å². The summed E-state index contributed by atoms with van der Waals surface area (Å²) < 4.78 is 0.